The maximum absolute atomic E-state index is 12.7. The van der Waals surface area contributed by atoms with Crippen LogP contribution in [0.2, 0.25) is 0 Å². The third kappa shape index (κ3) is 7.50. The predicted molar refractivity (Wildman–Crippen MR) is 140 cm³/mol. The smallest absolute Gasteiger partial charge is 0.166 e. The Morgan fingerprint density at radius 1 is 0.368 bits per heavy atom. The molecule has 0 fully saturated rings. The van der Waals surface area contributed by atoms with Gasteiger partial charge in [0.25, 0.3) is 0 Å². The molecule has 4 aromatic rings. The van der Waals surface area contributed by atoms with Crippen molar-refractivity contribution in [3.8, 4) is 11.8 Å². The summed E-state index contributed by atoms with van der Waals surface area (Å²) in [4.78, 5) is 0. The van der Waals surface area contributed by atoms with Crippen molar-refractivity contribution in [3.05, 3.63) is 142 Å². The van der Waals surface area contributed by atoms with E-state index in [9.17, 15) is 26.3 Å². The van der Waals surface area contributed by atoms with Gasteiger partial charge < -0.3 is 0 Å². The van der Waals surface area contributed by atoms with Crippen LogP contribution in [-0.2, 0) is 12.4 Å². The lowest BCUT2D eigenvalue weighted by Crippen LogP contribution is -2.03. The van der Waals surface area contributed by atoms with Gasteiger partial charge in [-0.15, -0.1) is 0 Å². The summed E-state index contributed by atoms with van der Waals surface area (Å²) in [6.07, 6.45) is -1.58. The maximum Gasteiger partial charge on any atom is 0.416 e. The molecule has 0 aliphatic carbocycles. The minimum Gasteiger partial charge on any atom is -0.166 e. The fraction of sp³-hybridized carbons (Fsp3) is 0.0625. The molecule has 0 N–H and O–H groups in total. The fourth-order valence-corrected chi connectivity index (χ4v) is 3.45. The van der Waals surface area contributed by atoms with Gasteiger partial charge in [0.05, 0.1) is 11.1 Å². The molecule has 0 aliphatic rings. The topological polar surface area (TPSA) is 0 Å². The zero-order valence-corrected chi connectivity index (χ0v) is 19.8. The molecule has 0 heterocycles. The van der Waals surface area contributed by atoms with Gasteiger partial charge in [0.15, 0.2) is 0 Å². The largest absolute Gasteiger partial charge is 0.416 e. The highest BCUT2D eigenvalue weighted by Crippen LogP contribution is 2.30. The molecule has 0 saturated heterocycles. The molecule has 0 spiro atoms. The van der Waals surface area contributed by atoms with Crippen LogP contribution in [0.3, 0.4) is 0 Å². The van der Waals surface area contributed by atoms with Gasteiger partial charge in [-0.2, -0.15) is 26.3 Å². The van der Waals surface area contributed by atoms with Crippen LogP contribution in [0, 0.1) is 11.8 Å². The molecule has 0 aliphatic heterocycles. The van der Waals surface area contributed by atoms with E-state index in [0.717, 1.165) is 46.5 Å². The monoisotopic (exact) mass is 518 g/mol. The summed E-state index contributed by atoms with van der Waals surface area (Å²) in [7, 11) is 0. The van der Waals surface area contributed by atoms with Crippen LogP contribution in [0.4, 0.5) is 26.3 Å². The van der Waals surface area contributed by atoms with Crippen molar-refractivity contribution in [2.45, 2.75) is 12.4 Å². The number of benzene rings is 4. The van der Waals surface area contributed by atoms with Gasteiger partial charge in [0.2, 0.25) is 0 Å². The number of hydrogen-bond donors (Lipinski definition) is 0. The Bertz CT molecular complexity index is 1360. The SMILES string of the molecule is FC(F)(F)c1ccc(/C=C/c2ccc(C#Cc3ccc(/C=C/c4ccc(C(F)(F)F)cc4)cc3)cc2)cc1. The van der Waals surface area contributed by atoms with E-state index in [4.69, 9.17) is 0 Å². The lowest BCUT2D eigenvalue weighted by Gasteiger charge is -2.05. The summed E-state index contributed by atoms with van der Waals surface area (Å²) >= 11 is 0. The van der Waals surface area contributed by atoms with E-state index in [1.54, 1.807) is 12.2 Å². The van der Waals surface area contributed by atoms with E-state index < -0.39 is 23.5 Å². The standard InChI is InChI=1S/C32H20F6/c33-31(34,35)29-19-15-27(16-20-29)13-11-25-7-3-23(4-8-25)1-2-24-5-9-26(10-6-24)12-14-28-17-21-30(22-18-28)32(36,37)38/h3-22H/b13-11+,14-12+. The van der Waals surface area contributed by atoms with Crippen molar-refractivity contribution in [2.24, 2.45) is 0 Å². The van der Waals surface area contributed by atoms with E-state index in [1.807, 2.05) is 60.7 Å². The van der Waals surface area contributed by atoms with Crippen molar-refractivity contribution in [1.29, 1.82) is 0 Å². The minimum absolute atomic E-state index is 0.666. The number of hydrogen-bond acceptors (Lipinski definition) is 0. The second-order valence-electron chi connectivity index (χ2n) is 8.40. The normalized spacial score (nSPS) is 12.1. The number of alkyl halides is 6. The Morgan fingerprint density at radius 3 is 0.842 bits per heavy atom. The molecule has 0 bridgehead atoms. The van der Waals surface area contributed by atoms with Crippen molar-refractivity contribution in [3.63, 3.8) is 0 Å². The first kappa shape index (κ1) is 26.6. The van der Waals surface area contributed by atoms with Gasteiger partial charge >= 0.3 is 12.4 Å². The summed E-state index contributed by atoms with van der Waals surface area (Å²) in [5, 5.41) is 0. The molecular formula is C32H20F6. The van der Waals surface area contributed by atoms with Crippen LogP contribution < -0.4 is 0 Å². The molecule has 38 heavy (non-hydrogen) atoms. The van der Waals surface area contributed by atoms with E-state index >= 15 is 0 Å². The van der Waals surface area contributed by atoms with Crippen LogP contribution in [0.5, 0.6) is 0 Å². The quantitative estimate of drug-likeness (QED) is 0.143. The van der Waals surface area contributed by atoms with Crippen molar-refractivity contribution >= 4 is 24.3 Å². The van der Waals surface area contributed by atoms with Gasteiger partial charge in [-0.3, -0.25) is 0 Å². The van der Waals surface area contributed by atoms with Crippen LogP contribution in [-0.4, -0.2) is 0 Å². The molecule has 0 nitrogen and oxygen atoms in total. The van der Waals surface area contributed by atoms with Crippen molar-refractivity contribution in [1.82, 2.24) is 0 Å². The van der Waals surface area contributed by atoms with E-state index in [1.165, 1.54) is 24.3 Å². The van der Waals surface area contributed by atoms with Crippen LogP contribution in [0.25, 0.3) is 24.3 Å². The fourth-order valence-electron chi connectivity index (χ4n) is 3.45. The zero-order chi connectivity index (χ0) is 27.2. The zero-order valence-electron chi connectivity index (χ0n) is 19.8. The molecule has 4 aromatic carbocycles. The number of rotatable bonds is 4. The average Bonchev–Trinajstić information content (AvgIpc) is 2.90. The summed E-state index contributed by atoms with van der Waals surface area (Å²) in [6, 6.07) is 24.9. The summed E-state index contributed by atoms with van der Waals surface area (Å²) in [5.41, 5.74) is 3.37. The third-order valence-corrected chi connectivity index (χ3v) is 5.59. The highest BCUT2D eigenvalue weighted by molar-refractivity contribution is 5.71. The van der Waals surface area contributed by atoms with Crippen LogP contribution >= 0.6 is 0 Å². The minimum atomic E-state index is -4.35. The molecule has 0 saturated carbocycles. The molecule has 0 atom stereocenters. The summed E-state index contributed by atoms with van der Waals surface area (Å²) in [6.45, 7) is 0. The van der Waals surface area contributed by atoms with Gasteiger partial charge in [0.1, 0.15) is 0 Å². The first-order valence-electron chi connectivity index (χ1n) is 11.5. The summed E-state index contributed by atoms with van der Waals surface area (Å²) in [5.74, 6) is 6.17. The van der Waals surface area contributed by atoms with Crippen molar-refractivity contribution in [2.75, 3.05) is 0 Å². The van der Waals surface area contributed by atoms with E-state index in [-0.39, 0.29) is 0 Å². The lowest BCUT2D eigenvalue weighted by molar-refractivity contribution is -0.138. The van der Waals surface area contributed by atoms with Gasteiger partial charge in [-0.05, 0) is 70.8 Å². The Morgan fingerprint density at radius 2 is 0.605 bits per heavy atom. The highest BCUT2D eigenvalue weighted by atomic mass is 19.4. The average molecular weight is 519 g/mol. The lowest BCUT2D eigenvalue weighted by atomic mass is 10.1. The Hall–Kier alpha value is -4.50. The Balaban J connectivity index is 1.34. The van der Waals surface area contributed by atoms with Gasteiger partial charge in [-0.1, -0.05) is 84.7 Å². The molecule has 0 amide bonds. The highest BCUT2D eigenvalue weighted by Gasteiger charge is 2.30. The van der Waals surface area contributed by atoms with E-state index in [0.29, 0.717) is 11.1 Å². The number of halogens is 6. The molecule has 0 aromatic heterocycles. The maximum atomic E-state index is 12.7. The Labute approximate surface area is 216 Å². The van der Waals surface area contributed by atoms with Gasteiger partial charge in [0, 0.05) is 11.1 Å². The third-order valence-electron chi connectivity index (χ3n) is 5.59. The van der Waals surface area contributed by atoms with E-state index in [2.05, 4.69) is 11.8 Å². The van der Waals surface area contributed by atoms with Crippen LogP contribution in [0.15, 0.2) is 97.1 Å². The molecule has 0 unspecified atom stereocenters. The molecular weight excluding hydrogens is 498 g/mol. The molecule has 0 radical (unpaired) electrons. The second kappa shape index (κ2) is 11.3. The summed E-state index contributed by atoms with van der Waals surface area (Å²) < 4.78 is 76.0. The predicted octanol–water partition coefficient (Wildman–Crippen LogP) is 9.46. The Kier molecular flexibility index (Phi) is 7.87. The molecule has 4 rings (SSSR count). The molecule has 6 heteroatoms. The molecule has 190 valence electrons. The second-order valence-corrected chi connectivity index (χ2v) is 8.40. The van der Waals surface area contributed by atoms with Crippen molar-refractivity contribution < 1.29 is 26.3 Å². The first-order chi connectivity index (χ1) is 18.1. The van der Waals surface area contributed by atoms with Crippen LogP contribution in [0.1, 0.15) is 44.5 Å². The first-order valence-corrected chi connectivity index (χ1v) is 11.5. The van der Waals surface area contributed by atoms with Gasteiger partial charge in [-0.25, -0.2) is 0 Å².